The van der Waals surface area contributed by atoms with Gasteiger partial charge in [-0.1, -0.05) is 0 Å². The number of aliphatic hydroxyl groups is 4. The molecule has 11 nitrogen and oxygen atoms in total. The Morgan fingerprint density at radius 1 is 1.58 bits per heavy atom. The molecule has 5 N–H and O–H groups in total. The third-order valence-electron chi connectivity index (χ3n) is 2.52. The Morgan fingerprint density at radius 3 is 2.74 bits per heavy atom. The molecule has 0 aromatic rings. The van der Waals surface area contributed by atoms with E-state index in [2.05, 4.69) is 10.1 Å². The molecule has 0 aliphatic carbocycles. The molecule has 11 heteroatoms. The maximum absolute atomic E-state index is 11.1. The van der Waals surface area contributed by atoms with Crippen molar-refractivity contribution in [1.29, 1.82) is 0 Å². The Kier molecular flexibility index (Phi) is 5.53. The molecule has 0 aromatic carbocycles. The quantitative estimate of drug-likeness (QED) is 0.264. The summed E-state index contributed by atoms with van der Waals surface area (Å²) in [5.74, 6) is 0. The summed E-state index contributed by atoms with van der Waals surface area (Å²) in [5, 5.41) is 39.8. The van der Waals surface area contributed by atoms with Crippen LogP contribution in [0, 0.1) is 4.91 Å². The van der Waals surface area contributed by atoms with E-state index in [1.807, 2.05) is 0 Å². The zero-order chi connectivity index (χ0) is 14.6. The smallest absolute Gasteiger partial charge is 0.364 e. The number of hydrogen-bond acceptors (Lipinski definition) is 9. The van der Waals surface area contributed by atoms with Gasteiger partial charge in [-0.3, -0.25) is 4.84 Å². The highest BCUT2D eigenvalue weighted by Gasteiger charge is 2.47. The van der Waals surface area contributed by atoms with Crippen LogP contribution in [0.5, 0.6) is 0 Å². The largest absolute Gasteiger partial charge is 0.394 e. The van der Waals surface area contributed by atoms with Crippen molar-refractivity contribution in [3.8, 4) is 0 Å². The van der Waals surface area contributed by atoms with E-state index in [0.717, 1.165) is 7.05 Å². The van der Waals surface area contributed by atoms with Crippen LogP contribution in [0.25, 0.3) is 0 Å². The van der Waals surface area contributed by atoms with Crippen molar-refractivity contribution < 1.29 is 34.8 Å². The number of ether oxygens (including phenoxy) is 1. The van der Waals surface area contributed by atoms with Gasteiger partial charge in [-0.15, -0.1) is 4.91 Å². The standard InChI is InChI=1S/C8H15N3O8/c1-11(10-17)8(16)9-19-6-4(14)5(3(13)2-12)18-7(6)15/h3-7,12-15H,2H2,1H3,(H,9,16)/t3-,4+,5-,6-,7?/m1/s1. The van der Waals surface area contributed by atoms with Gasteiger partial charge in [0.2, 0.25) is 0 Å². The second kappa shape index (κ2) is 6.70. The van der Waals surface area contributed by atoms with E-state index in [4.69, 9.17) is 9.84 Å². The number of urea groups is 1. The van der Waals surface area contributed by atoms with Gasteiger partial charge in [0.25, 0.3) is 0 Å². The number of nitroso groups, excluding NO2 is 1. The van der Waals surface area contributed by atoms with Crippen molar-refractivity contribution in [2.75, 3.05) is 13.7 Å². The van der Waals surface area contributed by atoms with Crippen LogP contribution in [0.15, 0.2) is 5.29 Å². The number of rotatable bonds is 5. The number of nitrogens with one attached hydrogen (secondary N) is 1. The van der Waals surface area contributed by atoms with Crippen molar-refractivity contribution in [2.24, 2.45) is 5.29 Å². The molecule has 110 valence electrons. The molecule has 5 atom stereocenters. The molecular weight excluding hydrogens is 266 g/mol. The van der Waals surface area contributed by atoms with Crippen LogP contribution in [0.2, 0.25) is 0 Å². The molecule has 1 aliphatic rings. The fourth-order valence-corrected chi connectivity index (χ4v) is 1.45. The second-order valence-corrected chi connectivity index (χ2v) is 3.83. The zero-order valence-electron chi connectivity index (χ0n) is 9.91. The molecule has 0 spiro atoms. The van der Waals surface area contributed by atoms with Gasteiger partial charge in [-0.05, 0) is 0 Å². The Morgan fingerprint density at radius 2 is 2.21 bits per heavy atom. The average Bonchev–Trinajstić information content (AvgIpc) is 2.69. The molecule has 2 amide bonds. The molecule has 1 unspecified atom stereocenters. The maximum Gasteiger partial charge on any atom is 0.364 e. The van der Waals surface area contributed by atoms with Crippen LogP contribution < -0.4 is 5.48 Å². The molecule has 1 rings (SSSR count). The minimum atomic E-state index is -1.63. The summed E-state index contributed by atoms with van der Waals surface area (Å²) in [6.45, 7) is -0.689. The maximum atomic E-state index is 11.1. The molecule has 1 saturated heterocycles. The van der Waals surface area contributed by atoms with Crippen molar-refractivity contribution in [3.63, 3.8) is 0 Å². The number of nitrogens with zero attached hydrogens (tertiary/aromatic N) is 2. The first-order valence-corrected chi connectivity index (χ1v) is 5.25. The van der Waals surface area contributed by atoms with E-state index in [0.29, 0.717) is 5.01 Å². The number of aliphatic hydroxyl groups excluding tert-OH is 4. The molecule has 0 saturated carbocycles. The SMILES string of the molecule is CN(N=O)C(=O)NO[C@H]1C(O)O[C@H]([C@H](O)CO)[C@@H]1O. The van der Waals surface area contributed by atoms with Crippen molar-refractivity contribution in [1.82, 2.24) is 10.5 Å². The van der Waals surface area contributed by atoms with Crippen LogP contribution in [-0.2, 0) is 9.57 Å². The third-order valence-corrected chi connectivity index (χ3v) is 2.52. The summed E-state index contributed by atoms with van der Waals surface area (Å²) in [4.78, 5) is 25.8. The average molecular weight is 281 g/mol. The van der Waals surface area contributed by atoms with Gasteiger partial charge in [0.05, 0.1) is 11.9 Å². The van der Waals surface area contributed by atoms with Crippen LogP contribution in [0.1, 0.15) is 0 Å². The predicted octanol–water partition coefficient (Wildman–Crippen LogP) is -2.96. The Balaban J connectivity index is 2.54. The van der Waals surface area contributed by atoms with Crippen LogP contribution in [0.3, 0.4) is 0 Å². The molecule has 1 aliphatic heterocycles. The van der Waals surface area contributed by atoms with E-state index < -0.39 is 43.3 Å². The monoisotopic (exact) mass is 281 g/mol. The second-order valence-electron chi connectivity index (χ2n) is 3.83. The fraction of sp³-hybridized carbons (Fsp3) is 0.875. The molecule has 0 radical (unpaired) electrons. The van der Waals surface area contributed by atoms with Gasteiger partial charge in [0, 0.05) is 7.05 Å². The Labute approximate surface area is 107 Å². The molecule has 1 heterocycles. The lowest BCUT2D eigenvalue weighted by atomic mass is 10.1. The summed E-state index contributed by atoms with van der Waals surface area (Å²) in [6.07, 6.45) is -7.21. The highest BCUT2D eigenvalue weighted by atomic mass is 16.7. The Hall–Kier alpha value is -1.37. The van der Waals surface area contributed by atoms with Gasteiger partial charge in [0.15, 0.2) is 12.4 Å². The van der Waals surface area contributed by atoms with Crippen LogP contribution in [-0.4, -0.2) is 75.8 Å². The first-order chi connectivity index (χ1) is 8.92. The van der Waals surface area contributed by atoms with Gasteiger partial charge >= 0.3 is 6.03 Å². The Bertz CT molecular complexity index is 329. The van der Waals surface area contributed by atoms with Crippen molar-refractivity contribution in [2.45, 2.75) is 30.7 Å². The highest BCUT2D eigenvalue weighted by Crippen LogP contribution is 2.24. The van der Waals surface area contributed by atoms with E-state index in [-0.39, 0.29) is 0 Å². The van der Waals surface area contributed by atoms with E-state index in [1.165, 1.54) is 0 Å². The predicted molar refractivity (Wildman–Crippen MR) is 56.9 cm³/mol. The van der Waals surface area contributed by atoms with Crippen LogP contribution >= 0.6 is 0 Å². The van der Waals surface area contributed by atoms with Gasteiger partial charge in [-0.25, -0.2) is 10.3 Å². The number of hydrogen-bond donors (Lipinski definition) is 5. The first-order valence-electron chi connectivity index (χ1n) is 5.25. The topological polar surface area (TPSA) is 161 Å². The molecule has 1 fully saturated rings. The van der Waals surface area contributed by atoms with E-state index >= 15 is 0 Å². The lowest BCUT2D eigenvalue weighted by Crippen LogP contribution is -2.45. The fourth-order valence-electron chi connectivity index (χ4n) is 1.45. The molecule has 19 heavy (non-hydrogen) atoms. The summed E-state index contributed by atoms with van der Waals surface area (Å²) in [5.41, 5.74) is 1.76. The third kappa shape index (κ3) is 3.56. The number of amides is 2. The lowest BCUT2D eigenvalue weighted by Gasteiger charge is -2.20. The molecular formula is C8H15N3O8. The molecule has 0 bridgehead atoms. The normalized spacial score (nSPS) is 31.8. The number of carbonyl (C=O) groups excluding carboxylic acids is 1. The van der Waals surface area contributed by atoms with Crippen LogP contribution in [0.4, 0.5) is 4.79 Å². The highest BCUT2D eigenvalue weighted by molar-refractivity contribution is 5.72. The van der Waals surface area contributed by atoms with Gasteiger partial charge in [0.1, 0.15) is 18.3 Å². The minimum absolute atomic E-state index is 0.384. The molecule has 0 aromatic heterocycles. The van der Waals surface area contributed by atoms with E-state index in [1.54, 1.807) is 5.48 Å². The zero-order valence-corrected chi connectivity index (χ0v) is 9.91. The van der Waals surface area contributed by atoms with Gasteiger partial charge in [-0.2, -0.15) is 5.01 Å². The minimum Gasteiger partial charge on any atom is -0.394 e. The lowest BCUT2D eigenvalue weighted by molar-refractivity contribution is -0.168. The van der Waals surface area contributed by atoms with Gasteiger partial charge < -0.3 is 25.2 Å². The first kappa shape index (κ1) is 15.7. The summed E-state index contributed by atoms with van der Waals surface area (Å²) >= 11 is 0. The van der Waals surface area contributed by atoms with E-state index in [9.17, 15) is 25.0 Å². The number of carbonyl (C=O) groups is 1. The summed E-state index contributed by atoms with van der Waals surface area (Å²) in [7, 11) is 1.06. The summed E-state index contributed by atoms with van der Waals surface area (Å²) < 4.78 is 4.78. The van der Waals surface area contributed by atoms with Crippen molar-refractivity contribution in [3.05, 3.63) is 4.91 Å². The van der Waals surface area contributed by atoms with Crippen molar-refractivity contribution >= 4 is 6.03 Å². The summed E-state index contributed by atoms with van der Waals surface area (Å²) in [6, 6.07) is -1.03. The number of hydroxylamine groups is 1.